The predicted molar refractivity (Wildman–Crippen MR) is 133 cm³/mol. The molecule has 3 rings (SSSR count). The lowest BCUT2D eigenvalue weighted by atomic mass is 10.2. The van der Waals surface area contributed by atoms with E-state index in [9.17, 15) is 14.4 Å². The van der Waals surface area contributed by atoms with Crippen molar-refractivity contribution in [2.24, 2.45) is 5.10 Å². The van der Waals surface area contributed by atoms with E-state index in [0.717, 1.165) is 15.6 Å². The second-order valence-corrected chi connectivity index (χ2v) is 8.12. The third kappa shape index (κ3) is 7.56. The Bertz CT molecular complexity index is 1200. The smallest absolute Gasteiger partial charge is 0.329 e. The number of nitrogens with one attached hydrogen (secondary N) is 3. The molecule has 0 bridgehead atoms. The minimum absolute atomic E-state index is 0.217. The second kappa shape index (κ2) is 12.3. The molecule has 3 N–H and O–H groups in total. The first-order chi connectivity index (χ1) is 16.4. The average molecular weight is 523 g/mol. The standard InChI is InChI=1S/C25H23BrN4O4/c1-17-7-5-6-10-21(17)29-23(31)16-34-22-12-11-20(26)13-19(22)15-28-30-25(33)24(32)27-14-18-8-3-2-4-9-18/h2-13,15H,14,16H2,1H3,(H,27,32)(H,29,31)(H,30,33)/b28-15-. The molecule has 9 heteroatoms. The molecule has 8 nitrogen and oxygen atoms in total. The number of halogens is 1. The molecule has 174 valence electrons. The third-order valence-electron chi connectivity index (χ3n) is 4.62. The van der Waals surface area contributed by atoms with Crippen molar-refractivity contribution in [3.8, 4) is 5.75 Å². The normalized spacial score (nSPS) is 10.5. The van der Waals surface area contributed by atoms with Gasteiger partial charge < -0.3 is 15.4 Å². The summed E-state index contributed by atoms with van der Waals surface area (Å²) < 4.78 is 6.39. The van der Waals surface area contributed by atoms with Crippen molar-refractivity contribution >= 4 is 45.6 Å². The highest BCUT2D eigenvalue weighted by Gasteiger charge is 2.12. The monoisotopic (exact) mass is 522 g/mol. The van der Waals surface area contributed by atoms with Gasteiger partial charge in [-0.25, -0.2) is 5.43 Å². The van der Waals surface area contributed by atoms with Gasteiger partial charge in [0.1, 0.15) is 5.75 Å². The minimum Gasteiger partial charge on any atom is -0.483 e. The Balaban J connectivity index is 1.54. The zero-order chi connectivity index (χ0) is 24.3. The maximum Gasteiger partial charge on any atom is 0.329 e. The predicted octanol–water partition coefficient (Wildman–Crippen LogP) is 3.54. The van der Waals surface area contributed by atoms with E-state index in [2.05, 4.69) is 37.1 Å². The highest BCUT2D eigenvalue weighted by molar-refractivity contribution is 9.10. The van der Waals surface area contributed by atoms with Gasteiger partial charge in [0, 0.05) is 22.3 Å². The van der Waals surface area contributed by atoms with Gasteiger partial charge in [-0.2, -0.15) is 5.10 Å². The summed E-state index contributed by atoms with van der Waals surface area (Å²) in [5, 5.41) is 9.16. The summed E-state index contributed by atoms with van der Waals surface area (Å²) in [4.78, 5) is 36.2. The fourth-order valence-electron chi connectivity index (χ4n) is 2.86. The Morgan fingerprint density at radius 2 is 1.71 bits per heavy atom. The minimum atomic E-state index is -0.901. The summed E-state index contributed by atoms with van der Waals surface area (Å²) in [7, 11) is 0. The van der Waals surface area contributed by atoms with E-state index in [1.54, 1.807) is 18.2 Å². The van der Waals surface area contributed by atoms with Crippen molar-refractivity contribution in [2.75, 3.05) is 11.9 Å². The van der Waals surface area contributed by atoms with Crippen LogP contribution in [-0.4, -0.2) is 30.5 Å². The van der Waals surface area contributed by atoms with Crippen LogP contribution >= 0.6 is 15.9 Å². The number of aryl methyl sites for hydroxylation is 1. The molecule has 3 aromatic carbocycles. The van der Waals surface area contributed by atoms with Gasteiger partial charge in [0.2, 0.25) is 0 Å². The molecule has 0 aliphatic carbocycles. The van der Waals surface area contributed by atoms with Crippen molar-refractivity contribution in [1.29, 1.82) is 0 Å². The maximum absolute atomic E-state index is 12.3. The Morgan fingerprint density at radius 1 is 0.971 bits per heavy atom. The van der Waals surface area contributed by atoms with E-state index in [1.165, 1.54) is 6.21 Å². The van der Waals surface area contributed by atoms with Crippen molar-refractivity contribution in [3.05, 3.63) is 94.0 Å². The van der Waals surface area contributed by atoms with Crippen LogP contribution in [0.15, 0.2) is 82.4 Å². The number of hydrogen-bond donors (Lipinski definition) is 3. The number of anilines is 1. The Labute approximate surface area is 205 Å². The summed E-state index contributed by atoms with van der Waals surface area (Å²) in [6.07, 6.45) is 1.34. The van der Waals surface area contributed by atoms with Gasteiger partial charge in [0.15, 0.2) is 6.61 Å². The van der Waals surface area contributed by atoms with Crippen LogP contribution in [0.3, 0.4) is 0 Å². The van der Waals surface area contributed by atoms with Gasteiger partial charge in [-0.15, -0.1) is 0 Å². The Kier molecular flexibility index (Phi) is 8.93. The fourth-order valence-corrected chi connectivity index (χ4v) is 3.24. The van der Waals surface area contributed by atoms with Crippen LogP contribution < -0.4 is 20.8 Å². The molecule has 0 aliphatic heterocycles. The van der Waals surface area contributed by atoms with Crippen LogP contribution in [0.25, 0.3) is 0 Å². The van der Waals surface area contributed by atoms with Crippen LogP contribution in [0.2, 0.25) is 0 Å². The molecule has 0 atom stereocenters. The van der Waals surface area contributed by atoms with E-state index in [1.807, 2.05) is 61.5 Å². The SMILES string of the molecule is Cc1ccccc1NC(=O)COc1ccc(Br)cc1/C=N\NC(=O)C(=O)NCc1ccccc1. The summed E-state index contributed by atoms with van der Waals surface area (Å²) in [5.41, 5.74) is 5.21. The molecule has 0 saturated carbocycles. The van der Waals surface area contributed by atoms with Gasteiger partial charge in [-0.3, -0.25) is 14.4 Å². The zero-order valence-corrected chi connectivity index (χ0v) is 20.0. The van der Waals surface area contributed by atoms with E-state index >= 15 is 0 Å². The second-order valence-electron chi connectivity index (χ2n) is 7.20. The largest absolute Gasteiger partial charge is 0.483 e. The first-order valence-corrected chi connectivity index (χ1v) is 11.1. The van der Waals surface area contributed by atoms with E-state index in [0.29, 0.717) is 17.0 Å². The highest BCUT2D eigenvalue weighted by atomic mass is 79.9. The number of hydrogen-bond acceptors (Lipinski definition) is 5. The first kappa shape index (κ1) is 24.7. The fraction of sp³-hybridized carbons (Fsp3) is 0.120. The molecule has 0 aromatic heterocycles. The molecule has 0 spiro atoms. The molecule has 0 radical (unpaired) electrons. The molecular formula is C25H23BrN4O4. The van der Waals surface area contributed by atoms with Crippen molar-refractivity contribution < 1.29 is 19.1 Å². The molecule has 0 unspecified atom stereocenters. The lowest BCUT2D eigenvalue weighted by Gasteiger charge is -2.11. The van der Waals surface area contributed by atoms with Gasteiger partial charge in [-0.1, -0.05) is 64.5 Å². The number of carbonyl (C=O) groups is 3. The number of carbonyl (C=O) groups excluding carboxylic acids is 3. The summed E-state index contributed by atoms with van der Waals surface area (Å²) >= 11 is 3.37. The topological polar surface area (TPSA) is 109 Å². The summed E-state index contributed by atoms with van der Waals surface area (Å²) in [5.74, 6) is -1.64. The zero-order valence-electron chi connectivity index (χ0n) is 18.4. The number of benzene rings is 3. The molecule has 3 aromatic rings. The van der Waals surface area contributed by atoms with Crippen LogP contribution in [0.1, 0.15) is 16.7 Å². The molecule has 3 amide bonds. The quantitative estimate of drug-likeness (QED) is 0.239. The number of amides is 3. The van der Waals surface area contributed by atoms with E-state index in [-0.39, 0.29) is 19.1 Å². The third-order valence-corrected chi connectivity index (χ3v) is 5.11. The number of para-hydroxylation sites is 1. The van der Waals surface area contributed by atoms with Gasteiger partial charge in [0.05, 0.1) is 6.21 Å². The molecule has 0 saturated heterocycles. The Hall–Kier alpha value is -3.98. The van der Waals surface area contributed by atoms with Gasteiger partial charge in [-0.05, 0) is 42.3 Å². The van der Waals surface area contributed by atoms with E-state index < -0.39 is 11.8 Å². The molecule has 0 heterocycles. The number of nitrogens with zero attached hydrogens (tertiary/aromatic N) is 1. The van der Waals surface area contributed by atoms with Gasteiger partial charge >= 0.3 is 11.8 Å². The first-order valence-electron chi connectivity index (χ1n) is 10.4. The molecule has 0 fully saturated rings. The van der Waals surface area contributed by atoms with Crippen molar-refractivity contribution in [2.45, 2.75) is 13.5 Å². The van der Waals surface area contributed by atoms with Crippen LogP contribution in [0.4, 0.5) is 5.69 Å². The number of ether oxygens (including phenoxy) is 1. The summed E-state index contributed by atoms with van der Waals surface area (Å²) in [6.45, 7) is 1.91. The average Bonchev–Trinajstić information content (AvgIpc) is 2.84. The van der Waals surface area contributed by atoms with Crippen LogP contribution in [0, 0.1) is 6.92 Å². The van der Waals surface area contributed by atoms with Crippen molar-refractivity contribution in [3.63, 3.8) is 0 Å². The molecule has 0 aliphatic rings. The molecule has 34 heavy (non-hydrogen) atoms. The van der Waals surface area contributed by atoms with Crippen LogP contribution in [0.5, 0.6) is 5.75 Å². The summed E-state index contributed by atoms with van der Waals surface area (Å²) in [6, 6.07) is 21.8. The Morgan fingerprint density at radius 3 is 2.47 bits per heavy atom. The maximum atomic E-state index is 12.3. The van der Waals surface area contributed by atoms with Crippen molar-refractivity contribution in [1.82, 2.24) is 10.7 Å². The number of rotatable bonds is 8. The number of hydrazone groups is 1. The van der Waals surface area contributed by atoms with E-state index in [4.69, 9.17) is 4.74 Å². The van der Waals surface area contributed by atoms with Crippen LogP contribution in [-0.2, 0) is 20.9 Å². The lowest BCUT2D eigenvalue weighted by molar-refractivity contribution is -0.139. The lowest BCUT2D eigenvalue weighted by Crippen LogP contribution is -2.37. The molecular weight excluding hydrogens is 500 g/mol. The highest BCUT2D eigenvalue weighted by Crippen LogP contribution is 2.22. The van der Waals surface area contributed by atoms with Gasteiger partial charge in [0.25, 0.3) is 5.91 Å².